The number of rotatable bonds is 16. The largest absolute Gasteiger partial charge is 0.445 e. The number of aryl methyl sites for hydroxylation is 1. The van der Waals surface area contributed by atoms with Gasteiger partial charge in [0.1, 0.15) is 12.6 Å². The molecule has 0 fully saturated rings. The summed E-state index contributed by atoms with van der Waals surface area (Å²) in [4.78, 5) is 49.9. The summed E-state index contributed by atoms with van der Waals surface area (Å²) in [6.07, 6.45) is 4.14. The molecule has 11 heteroatoms. The Morgan fingerprint density at radius 3 is 2.06 bits per heavy atom. The zero-order chi connectivity index (χ0) is 35.9. The van der Waals surface area contributed by atoms with Crippen molar-refractivity contribution in [2.75, 3.05) is 7.05 Å². The SMILES string of the molecule is Cc1ccc(CN(C)C(=O)N[C@H](C(=O)N[C@@H](Cc2ccccc2)C[C@H](O)[C@H](Cc2ccccc2)NC(=O)OCc2cccnc2)C(C)C)cn1. The Morgan fingerprint density at radius 2 is 1.46 bits per heavy atom. The van der Waals surface area contributed by atoms with Crippen LogP contribution in [-0.4, -0.2) is 69.3 Å². The molecule has 0 bridgehead atoms. The van der Waals surface area contributed by atoms with Crippen LogP contribution in [0.3, 0.4) is 0 Å². The molecule has 0 aliphatic heterocycles. The highest BCUT2D eigenvalue weighted by Crippen LogP contribution is 2.16. The molecule has 0 saturated heterocycles. The van der Waals surface area contributed by atoms with Crippen molar-refractivity contribution in [1.82, 2.24) is 30.8 Å². The van der Waals surface area contributed by atoms with Crippen LogP contribution >= 0.6 is 0 Å². The lowest BCUT2D eigenvalue weighted by Gasteiger charge is -2.30. The van der Waals surface area contributed by atoms with E-state index >= 15 is 0 Å². The van der Waals surface area contributed by atoms with Crippen LogP contribution in [0, 0.1) is 12.8 Å². The molecule has 4 amide bonds. The molecule has 2 aromatic heterocycles. The topological polar surface area (TPSA) is 146 Å². The predicted octanol–water partition coefficient (Wildman–Crippen LogP) is 4.97. The van der Waals surface area contributed by atoms with E-state index in [-0.39, 0.29) is 24.9 Å². The fourth-order valence-corrected chi connectivity index (χ4v) is 5.53. The number of benzene rings is 2. The average molecular weight is 681 g/mol. The van der Waals surface area contributed by atoms with Gasteiger partial charge < -0.3 is 30.7 Å². The number of nitrogens with zero attached hydrogens (tertiary/aromatic N) is 3. The van der Waals surface area contributed by atoms with Gasteiger partial charge in [-0.3, -0.25) is 14.8 Å². The molecule has 0 unspecified atom stereocenters. The van der Waals surface area contributed by atoms with E-state index in [0.29, 0.717) is 19.4 Å². The molecule has 0 spiro atoms. The highest BCUT2D eigenvalue weighted by atomic mass is 16.5. The van der Waals surface area contributed by atoms with Crippen molar-refractivity contribution in [1.29, 1.82) is 0 Å². The van der Waals surface area contributed by atoms with Crippen LogP contribution in [0.5, 0.6) is 0 Å². The van der Waals surface area contributed by atoms with Crippen LogP contribution < -0.4 is 16.0 Å². The minimum absolute atomic E-state index is 0.0277. The Hall–Kier alpha value is -5.29. The van der Waals surface area contributed by atoms with Crippen LogP contribution in [0.4, 0.5) is 9.59 Å². The van der Waals surface area contributed by atoms with Gasteiger partial charge in [0.25, 0.3) is 0 Å². The maximum absolute atomic E-state index is 13.8. The van der Waals surface area contributed by atoms with Crippen LogP contribution in [-0.2, 0) is 35.5 Å². The standard InChI is InChI=1S/C39H48N6O5/c1-27(2)36(44-38(48)45(4)25-31-18-17-28(3)41-24-31)37(47)42-33(20-29-12-7-5-8-13-29)22-35(46)34(21-30-14-9-6-10-15-30)43-39(49)50-26-32-16-11-19-40-23-32/h5-19,23-24,27,33-36,46H,20-22,25-26H2,1-4H3,(H,42,47)(H,43,49)(H,44,48)/t33-,34-,35-,36-/m0/s1. The fraction of sp³-hybridized carbons (Fsp3) is 0.359. The highest BCUT2D eigenvalue weighted by Gasteiger charge is 2.31. The van der Waals surface area contributed by atoms with Crippen molar-refractivity contribution in [3.8, 4) is 0 Å². The second kappa shape index (κ2) is 19.0. The molecule has 2 aromatic carbocycles. The molecule has 0 aliphatic carbocycles. The Bertz CT molecular complexity index is 1620. The van der Waals surface area contributed by atoms with Gasteiger partial charge in [-0.25, -0.2) is 9.59 Å². The van der Waals surface area contributed by atoms with E-state index < -0.39 is 36.4 Å². The summed E-state index contributed by atoms with van der Waals surface area (Å²) in [5, 5.41) is 20.5. The monoisotopic (exact) mass is 680 g/mol. The third-order valence-electron chi connectivity index (χ3n) is 8.32. The van der Waals surface area contributed by atoms with Gasteiger partial charge in [-0.05, 0) is 60.9 Å². The number of urea groups is 1. The molecular formula is C39H48N6O5. The second-order valence-corrected chi connectivity index (χ2v) is 12.9. The van der Waals surface area contributed by atoms with E-state index in [1.165, 1.54) is 4.90 Å². The second-order valence-electron chi connectivity index (χ2n) is 12.9. The lowest BCUT2D eigenvalue weighted by Crippen LogP contribution is -2.55. The number of amides is 4. The molecular weight excluding hydrogens is 632 g/mol. The number of ether oxygens (including phenoxy) is 1. The number of pyridine rings is 2. The smallest absolute Gasteiger partial charge is 0.407 e. The van der Waals surface area contributed by atoms with Gasteiger partial charge >= 0.3 is 12.1 Å². The number of aliphatic hydroxyl groups is 1. The summed E-state index contributed by atoms with van der Waals surface area (Å²) in [6, 6.07) is 24.1. The van der Waals surface area contributed by atoms with Gasteiger partial charge in [-0.1, -0.05) is 86.6 Å². The van der Waals surface area contributed by atoms with Crippen molar-refractivity contribution >= 4 is 18.0 Å². The first kappa shape index (κ1) is 37.5. The number of carbonyl (C=O) groups is 3. The maximum atomic E-state index is 13.8. The fourth-order valence-electron chi connectivity index (χ4n) is 5.53. The molecule has 0 aliphatic rings. The van der Waals surface area contributed by atoms with Gasteiger partial charge in [0.2, 0.25) is 5.91 Å². The summed E-state index contributed by atoms with van der Waals surface area (Å²) in [5.74, 6) is -0.590. The number of nitrogens with one attached hydrogen (secondary N) is 3. The Morgan fingerprint density at radius 1 is 0.800 bits per heavy atom. The Balaban J connectivity index is 1.47. The number of hydrogen-bond donors (Lipinski definition) is 4. The lowest BCUT2D eigenvalue weighted by atomic mass is 9.93. The summed E-state index contributed by atoms with van der Waals surface area (Å²) in [5.41, 5.74) is 4.37. The Labute approximate surface area is 294 Å². The molecule has 0 saturated carbocycles. The van der Waals surface area contributed by atoms with Crippen molar-refractivity contribution in [2.24, 2.45) is 5.92 Å². The molecule has 4 N–H and O–H groups in total. The van der Waals surface area contributed by atoms with E-state index in [2.05, 4.69) is 25.9 Å². The number of hydrogen-bond acceptors (Lipinski definition) is 7. The molecule has 4 atom stereocenters. The molecule has 2 heterocycles. The van der Waals surface area contributed by atoms with Crippen molar-refractivity contribution in [3.63, 3.8) is 0 Å². The predicted molar refractivity (Wildman–Crippen MR) is 192 cm³/mol. The summed E-state index contributed by atoms with van der Waals surface area (Å²) < 4.78 is 5.45. The van der Waals surface area contributed by atoms with Gasteiger partial charge in [0.05, 0.1) is 12.1 Å². The number of aromatic nitrogens is 2. The number of carbonyl (C=O) groups excluding carboxylic acids is 3. The quantitative estimate of drug-likeness (QED) is 0.131. The lowest BCUT2D eigenvalue weighted by molar-refractivity contribution is -0.124. The zero-order valence-electron chi connectivity index (χ0n) is 29.2. The minimum atomic E-state index is -1.06. The van der Waals surface area contributed by atoms with Crippen molar-refractivity contribution in [2.45, 2.75) is 77.4 Å². The maximum Gasteiger partial charge on any atom is 0.407 e. The van der Waals surface area contributed by atoms with Crippen LogP contribution in [0.15, 0.2) is 104 Å². The first-order valence-electron chi connectivity index (χ1n) is 16.9. The first-order valence-corrected chi connectivity index (χ1v) is 16.9. The first-order chi connectivity index (χ1) is 24.1. The molecule has 264 valence electrons. The van der Waals surface area contributed by atoms with Crippen LogP contribution in [0.25, 0.3) is 0 Å². The van der Waals surface area contributed by atoms with E-state index in [1.807, 2.05) is 93.6 Å². The van der Waals surface area contributed by atoms with E-state index in [0.717, 1.165) is 27.9 Å². The van der Waals surface area contributed by atoms with E-state index in [9.17, 15) is 19.5 Å². The molecule has 4 rings (SSSR count). The molecule has 50 heavy (non-hydrogen) atoms. The molecule has 4 aromatic rings. The van der Waals surface area contributed by atoms with Crippen molar-refractivity contribution in [3.05, 3.63) is 131 Å². The normalized spacial score (nSPS) is 13.4. The van der Waals surface area contributed by atoms with Crippen LogP contribution in [0.2, 0.25) is 0 Å². The summed E-state index contributed by atoms with van der Waals surface area (Å²) >= 11 is 0. The zero-order valence-corrected chi connectivity index (χ0v) is 29.2. The summed E-state index contributed by atoms with van der Waals surface area (Å²) in [7, 11) is 1.67. The number of alkyl carbamates (subject to hydrolysis) is 1. The molecule has 11 nitrogen and oxygen atoms in total. The van der Waals surface area contributed by atoms with Gasteiger partial charge in [0.15, 0.2) is 0 Å². The average Bonchev–Trinajstić information content (AvgIpc) is 3.11. The van der Waals surface area contributed by atoms with E-state index in [4.69, 9.17) is 4.74 Å². The summed E-state index contributed by atoms with van der Waals surface area (Å²) in [6.45, 7) is 5.99. The highest BCUT2D eigenvalue weighted by molar-refractivity contribution is 5.87. The van der Waals surface area contributed by atoms with Gasteiger partial charge in [-0.2, -0.15) is 0 Å². The minimum Gasteiger partial charge on any atom is -0.445 e. The molecule has 0 radical (unpaired) electrons. The van der Waals surface area contributed by atoms with E-state index in [1.54, 1.807) is 37.8 Å². The van der Waals surface area contributed by atoms with Gasteiger partial charge in [-0.15, -0.1) is 0 Å². The third-order valence-corrected chi connectivity index (χ3v) is 8.32. The van der Waals surface area contributed by atoms with Gasteiger partial charge in [0, 0.05) is 49.5 Å². The Kier molecular flexibility index (Phi) is 14.3. The van der Waals surface area contributed by atoms with Crippen molar-refractivity contribution < 1.29 is 24.2 Å². The third kappa shape index (κ3) is 12.3. The number of aliphatic hydroxyl groups excluding tert-OH is 1. The van der Waals surface area contributed by atoms with Crippen LogP contribution in [0.1, 0.15) is 48.2 Å².